The van der Waals surface area contributed by atoms with Crippen LogP contribution < -0.4 is 10.6 Å². The molecule has 1 heterocycles. The summed E-state index contributed by atoms with van der Waals surface area (Å²) in [6.45, 7) is 4.37. The Labute approximate surface area is 133 Å². The highest BCUT2D eigenvalue weighted by Crippen LogP contribution is 2.61. The zero-order valence-electron chi connectivity index (χ0n) is 13.4. The van der Waals surface area contributed by atoms with Gasteiger partial charge in [0.05, 0.1) is 0 Å². The predicted octanol–water partition coefficient (Wildman–Crippen LogP) is 5.33. The molecular formula is C20H23OP. The standard InChI is InChI=1S/C20H23OP/c1-3-10-17-18-14-8-9-15-20(18)22(21,19(17)11-4-2)16-12-6-5-7-13-16/h5-9,12-15H,3-4,10-11H2,1-2H3/t22-/m1/s1. The molecule has 0 unspecified atom stereocenters. The monoisotopic (exact) mass is 310 g/mol. The Morgan fingerprint density at radius 3 is 2.14 bits per heavy atom. The normalized spacial score (nSPS) is 20.3. The van der Waals surface area contributed by atoms with Crippen molar-refractivity contribution in [3.05, 3.63) is 65.5 Å². The molecular weight excluding hydrogens is 287 g/mol. The van der Waals surface area contributed by atoms with Crippen molar-refractivity contribution in [1.82, 2.24) is 0 Å². The zero-order chi connectivity index (χ0) is 15.6. The molecule has 0 aliphatic carbocycles. The first kappa shape index (κ1) is 15.3. The van der Waals surface area contributed by atoms with E-state index >= 15 is 0 Å². The van der Waals surface area contributed by atoms with Gasteiger partial charge in [-0.05, 0) is 24.0 Å². The van der Waals surface area contributed by atoms with Crippen LogP contribution in [0.25, 0.3) is 5.57 Å². The van der Waals surface area contributed by atoms with Crippen molar-refractivity contribution < 1.29 is 4.57 Å². The number of benzene rings is 2. The lowest BCUT2D eigenvalue weighted by molar-refractivity contribution is 0.589. The molecule has 0 saturated carbocycles. The summed E-state index contributed by atoms with van der Waals surface area (Å²) >= 11 is 0. The van der Waals surface area contributed by atoms with Gasteiger partial charge in [-0.25, -0.2) is 0 Å². The Balaban J connectivity index is 2.29. The van der Waals surface area contributed by atoms with E-state index < -0.39 is 7.14 Å². The molecule has 3 rings (SSSR count). The van der Waals surface area contributed by atoms with Crippen LogP contribution in [0.3, 0.4) is 0 Å². The highest BCUT2D eigenvalue weighted by molar-refractivity contribution is 7.83. The van der Waals surface area contributed by atoms with E-state index in [1.807, 2.05) is 36.4 Å². The second kappa shape index (κ2) is 6.26. The molecule has 1 aliphatic heterocycles. The fraction of sp³-hybridized carbons (Fsp3) is 0.300. The molecule has 0 N–H and O–H groups in total. The highest BCUT2D eigenvalue weighted by Gasteiger charge is 2.40. The van der Waals surface area contributed by atoms with Crippen LogP contribution in [0.1, 0.15) is 45.1 Å². The molecule has 0 radical (unpaired) electrons. The Morgan fingerprint density at radius 2 is 1.45 bits per heavy atom. The van der Waals surface area contributed by atoms with Gasteiger partial charge in [-0.3, -0.25) is 0 Å². The van der Waals surface area contributed by atoms with Crippen molar-refractivity contribution in [2.75, 3.05) is 0 Å². The van der Waals surface area contributed by atoms with Crippen molar-refractivity contribution in [2.24, 2.45) is 0 Å². The Kier molecular flexibility index (Phi) is 4.36. The van der Waals surface area contributed by atoms with E-state index in [2.05, 4.69) is 32.0 Å². The summed E-state index contributed by atoms with van der Waals surface area (Å²) < 4.78 is 14.2. The SMILES string of the molecule is CCCC1=C(CCC)[P@](=O)(c2ccccc2)c2ccccc21. The number of rotatable bonds is 5. The Bertz CT molecular complexity index is 743. The van der Waals surface area contributed by atoms with Gasteiger partial charge >= 0.3 is 0 Å². The maximum atomic E-state index is 14.2. The summed E-state index contributed by atoms with van der Waals surface area (Å²) in [5, 5.41) is 3.23. The summed E-state index contributed by atoms with van der Waals surface area (Å²) in [6, 6.07) is 18.4. The van der Waals surface area contributed by atoms with Crippen molar-refractivity contribution in [3.63, 3.8) is 0 Å². The van der Waals surface area contributed by atoms with E-state index in [1.165, 1.54) is 16.5 Å². The predicted molar refractivity (Wildman–Crippen MR) is 96.5 cm³/mol. The minimum atomic E-state index is -2.65. The molecule has 2 heteroatoms. The first-order valence-electron chi connectivity index (χ1n) is 8.21. The van der Waals surface area contributed by atoms with Gasteiger partial charge in [-0.1, -0.05) is 81.3 Å². The minimum absolute atomic E-state index is 0.927. The van der Waals surface area contributed by atoms with Crippen LogP contribution in [0.4, 0.5) is 0 Å². The molecule has 1 nitrogen and oxygen atoms in total. The van der Waals surface area contributed by atoms with Crippen LogP contribution in [0, 0.1) is 0 Å². The maximum absolute atomic E-state index is 14.2. The summed E-state index contributed by atoms with van der Waals surface area (Å²) in [6.07, 6.45) is 4.07. The fourth-order valence-corrected chi connectivity index (χ4v) is 6.97. The van der Waals surface area contributed by atoms with E-state index in [-0.39, 0.29) is 0 Å². The summed E-state index contributed by atoms with van der Waals surface area (Å²) in [7, 11) is -2.65. The molecule has 0 fully saturated rings. The number of allylic oxidation sites excluding steroid dienone is 2. The second-order valence-electron chi connectivity index (χ2n) is 5.89. The van der Waals surface area contributed by atoms with Crippen LogP contribution in [-0.2, 0) is 4.57 Å². The molecule has 0 spiro atoms. The molecule has 0 saturated heterocycles. The molecule has 0 amide bonds. The van der Waals surface area contributed by atoms with E-state index in [4.69, 9.17) is 0 Å². The first-order valence-corrected chi connectivity index (χ1v) is 9.92. The van der Waals surface area contributed by atoms with Crippen molar-refractivity contribution in [1.29, 1.82) is 0 Å². The third-order valence-electron chi connectivity index (χ3n) is 4.40. The van der Waals surface area contributed by atoms with E-state index in [9.17, 15) is 4.57 Å². The zero-order valence-corrected chi connectivity index (χ0v) is 14.3. The lowest BCUT2D eigenvalue weighted by Crippen LogP contribution is -2.15. The van der Waals surface area contributed by atoms with E-state index in [0.717, 1.165) is 36.3 Å². The van der Waals surface area contributed by atoms with Crippen LogP contribution >= 0.6 is 7.14 Å². The van der Waals surface area contributed by atoms with Gasteiger partial charge in [-0.2, -0.15) is 0 Å². The number of hydrogen-bond acceptors (Lipinski definition) is 1. The average Bonchev–Trinajstić information content (AvgIpc) is 2.81. The molecule has 1 atom stereocenters. The van der Waals surface area contributed by atoms with Gasteiger partial charge in [0, 0.05) is 15.9 Å². The average molecular weight is 310 g/mol. The molecule has 114 valence electrons. The minimum Gasteiger partial charge on any atom is -0.309 e. The van der Waals surface area contributed by atoms with Crippen molar-refractivity contribution >= 4 is 23.3 Å². The fourth-order valence-electron chi connectivity index (χ4n) is 3.50. The molecule has 0 aromatic heterocycles. The van der Waals surface area contributed by atoms with Gasteiger partial charge in [0.2, 0.25) is 0 Å². The maximum Gasteiger partial charge on any atom is 0.168 e. The van der Waals surface area contributed by atoms with Gasteiger partial charge in [0.15, 0.2) is 7.14 Å². The first-order chi connectivity index (χ1) is 10.7. The Hall–Kier alpha value is -1.59. The number of hydrogen-bond donors (Lipinski definition) is 0. The largest absolute Gasteiger partial charge is 0.309 e. The van der Waals surface area contributed by atoms with Crippen LogP contribution in [0.5, 0.6) is 0 Å². The third-order valence-corrected chi connectivity index (χ3v) is 7.75. The molecule has 22 heavy (non-hydrogen) atoms. The molecule has 1 aliphatic rings. The lowest BCUT2D eigenvalue weighted by atomic mass is 10.00. The van der Waals surface area contributed by atoms with Crippen LogP contribution in [0.2, 0.25) is 0 Å². The Morgan fingerprint density at radius 1 is 0.818 bits per heavy atom. The second-order valence-corrected chi connectivity index (χ2v) is 8.64. The van der Waals surface area contributed by atoms with Crippen molar-refractivity contribution in [3.8, 4) is 0 Å². The van der Waals surface area contributed by atoms with E-state index in [0.29, 0.717) is 0 Å². The van der Waals surface area contributed by atoms with Gasteiger partial charge in [0.1, 0.15) is 0 Å². The summed E-state index contributed by atoms with van der Waals surface area (Å²) in [5.41, 5.74) is 2.56. The van der Waals surface area contributed by atoms with Crippen LogP contribution in [0.15, 0.2) is 59.9 Å². The summed E-state index contributed by atoms with van der Waals surface area (Å²) in [5.74, 6) is 0. The van der Waals surface area contributed by atoms with Gasteiger partial charge in [0.25, 0.3) is 0 Å². The van der Waals surface area contributed by atoms with Gasteiger partial charge in [-0.15, -0.1) is 0 Å². The quantitative estimate of drug-likeness (QED) is 0.683. The smallest absolute Gasteiger partial charge is 0.168 e. The lowest BCUT2D eigenvalue weighted by Gasteiger charge is -2.18. The van der Waals surface area contributed by atoms with Gasteiger partial charge < -0.3 is 4.57 Å². The number of fused-ring (bicyclic) bond motifs is 1. The topological polar surface area (TPSA) is 17.1 Å². The molecule has 2 aromatic carbocycles. The van der Waals surface area contributed by atoms with Crippen LogP contribution in [-0.4, -0.2) is 0 Å². The molecule has 2 aromatic rings. The van der Waals surface area contributed by atoms with Crippen molar-refractivity contribution in [2.45, 2.75) is 39.5 Å². The third kappa shape index (κ3) is 2.29. The highest BCUT2D eigenvalue weighted by atomic mass is 31.2. The van der Waals surface area contributed by atoms with E-state index in [1.54, 1.807) is 0 Å². The summed E-state index contributed by atoms with van der Waals surface area (Å²) in [4.78, 5) is 0. The molecule has 0 bridgehead atoms.